The van der Waals surface area contributed by atoms with Gasteiger partial charge in [-0.25, -0.2) is 9.37 Å². The molecule has 1 saturated heterocycles. The highest BCUT2D eigenvalue weighted by atomic mass is 19.1. The smallest absolute Gasteiger partial charge is 0.224 e. The second-order valence-electron chi connectivity index (χ2n) is 5.05. The molecule has 0 amide bonds. The maximum absolute atomic E-state index is 14.0. The van der Waals surface area contributed by atoms with Gasteiger partial charge in [-0.15, -0.1) is 0 Å². The number of nitrogens with zero attached hydrogens (tertiary/aromatic N) is 4. The third-order valence-corrected chi connectivity index (χ3v) is 3.38. The van der Waals surface area contributed by atoms with Crippen LogP contribution in [-0.4, -0.2) is 54.1 Å². The van der Waals surface area contributed by atoms with Crippen LogP contribution in [0.4, 0.5) is 16.2 Å². The van der Waals surface area contributed by atoms with Crippen LogP contribution in [0.3, 0.4) is 0 Å². The van der Waals surface area contributed by atoms with Gasteiger partial charge in [0.2, 0.25) is 5.95 Å². The molecule has 2 heterocycles. The average Bonchev–Trinajstić information content (AvgIpc) is 2.53. The lowest BCUT2D eigenvalue weighted by Gasteiger charge is -2.29. The van der Waals surface area contributed by atoms with Crippen molar-refractivity contribution in [3.05, 3.63) is 12.0 Å². The SMILES string of the molecule is CCNc1ncc(F)c(N2CCCN(C)CC2C)n1. The van der Waals surface area contributed by atoms with Gasteiger partial charge in [-0.1, -0.05) is 0 Å². The Balaban J connectivity index is 2.25. The summed E-state index contributed by atoms with van der Waals surface area (Å²) in [6.07, 6.45) is 2.27. The summed E-state index contributed by atoms with van der Waals surface area (Å²) >= 11 is 0. The topological polar surface area (TPSA) is 44.3 Å². The molecule has 1 aromatic heterocycles. The molecule has 1 N–H and O–H groups in total. The Bertz CT molecular complexity index is 425. The van der Waals surface area contributed by atoms with Crippen LogP contribution in [0.1, 0.15) is 20.3 Å². The molecule has 1 unspecified atom stereocenters. The fourth-order valence-electron chi connectivity index (χ4n) is 2.49. The first-order chi connectivity index (χ1) is 9.11. The largest absolute Gasteiger partial charge is 0.354 e. The van der Waals surface area contributed by atoms with E-state index < -0.39 is 0 Å². The number of hydrogen-bond donors (Lipinski definition) is 1. The first-order valence-electron chi connectivity index (χ1n) is 6.83. The molecule has 1 aliphatic rings. The van der Waals surface area contributed by atoms with Crippen molar-refractivity contribution < 1.29 is 4.39 Å². The molecule has 106 valence electrons. The van der Waals surface area contributed by atoms with E-state index in [2.05, 4.69) is 34.2 Å². The number of rotatable bonds is 3. The van der Waals surface area contributed by atoms with Crippen molar-refractivity contribution >= 4 is 11.8 Å². The number of nitrogens with one attached hydrogen (secondary N) is 1. The summed E-state index contributed by atoms with van der Waals surface area (Å²) in [6.45, 7) is 7.58. The van der Waals surface area contributed by atoms with Gasteiger partial charge >= 0.3 is 0 Å². The number of anilines is 2. The van der Waals surface area contributed by atoms with Gasteiger partial charge in [0, 0.05) is 25.7 Å². The minimum absolute atomic E-state index is 0.242. The summed E-state index contributed by atoms with van der Waals surface area (Å²) in [5.74, 6) is 0.551. The molecule has 0 saturated carbocycles. The zero-order valence-electron chi connectivity index (χ0n) is 11.9. The summed E-state index contributed by atoms with van der Waals surface area (Å²) in [6, 6.07) is 0.242. The molecule has 6 heteroatoms. The standard InChI is InChI=1S/C13H22FN5/c1-4-15-13-16-8-11(14)12(17-13)19-7-5-6-18(3)9-10(19)2/h8,10H,4-7,9H2,1-3H3,(H,15,16,17). The highest BCUT2D eigenvalue weighted by molar-refractivity contribution is 5.45. The molecule has 0 aliphatic carbocycles. The molecule has 1 aromatic rings. The van der Waals surface area contributed by atoms with Crippen molar-refractivity contribution in [2.24, 2.45) is 0 Å². The number of halogens is 1. The van der Waals surface area contributed by atoms with Gasteiger partial charge in [-0.05, 0) is 33.9 Å². The molecule has 1 atom stereocenters. The van der Waals surface area contributed by atoms with Crippen molar-refractivity contribution in [2.45, 2.75) is 26.3 Å². The first kappa shape index (κ1) is 14.0. The van der Waals surface area contributed by atoms with E-state index in [4.69, 9.17) is 0 Å². The van der Waals surface area contributed by atoms with Crippen molar-refractivity contribution in [1.29, 1.82) is 0 Å². The van der Waals surface area contributed by atoms with Gasteiger partial charge in [-0.2, -0.15) is 4.98 Å². The minimum Gasteiger partial charge on any atom is -0.354 e. The van der Waals surface area contributed by atoms with Gasteiger partial charge in [0.05, 0.1) is 6.20 Å². The summed E-state index contributed by atoms with van der Waals surface area (Å²) in [4.78, 5) is 12.6. The Hall–Kier alpha value is -1.43. The molecular weight excluding hydrogens is 245 g/mol. The van der Waals surface area contributed by atoms with E-state index in [1.807, 2.05) is 11.8 Å². The Labute approximate surface area is 113 Å². The van der Waals surface area contributed by atoms with E-state index in [-0.39, 0.29) is 11.9 Å². The van der Waals surface area contributed by atoms with Gasteiger partial charge in [0.15, 0.2) is 11.6 Å². The second-order valence-corrected chi connectivity index (χ2v) is 5.05. The quantitative estimate of drug-likeness (QED) is 0.900. The minimum atomic E-state index is -0.349. The van der Waals surface area contributed by atoms with Gasteiger partial charge in [0.1, 0.15) is 0 Å². The lowest BCUT2D eigenvalue weighted by atomic mass is 10.2. The fourth-order valence-corrected chi connectivity index (χ4v) is 2.49. The van der Waals surface area contributed by atoms with E-state index >= 15 is 0 Å². The highest BCUT2D eigenvalue weighted by Gasteiger charge is 2.23. The third kappa shape index (κ3) is 3.32. The van der Waals surface area contributed by atoms with Crippen LogP contribution in [0, 0.1) is 5.82 Å². The van der Waals surface area contributed by atoms with Crippen LogP contribution in [0.5, 0.6) is 0 Å². The summed E-state index contributed by atoms with van der Waals surface area (Å²) < 4.78 is 14.0. The summed E-state index contributed by atoms with van der Waals surface area (Å²) in [5, 5.41) is 3.03. The maximum atomic E-state index is 14.0. The Morgan fingerprint density at radius 3 is 3.00 bits per heavy atom. The van der Waals surface area contributed by atoms with Crippen molar-refractivity contribution in [2.75, 3.05) is 43.4 Å². The van der Waals surface area contributed by atoms with Crippen molar-refractivity contribution in [1.82, 2.24) is 14.9 Å². The number of aromatic nitrogens is 2. The molecule has 0 bridgehead atoms. The summed E-state index contributed by atoms with van der Waals surface area (Å²) in [7, 11) is 2.10. The van der Waals surface area contributed by atoms with Crippen LogP contribution in [0.15, 0.2) is 6.20 Å². The van der Waals surface area contributed by atoms with Gasteiger partial charge < -0.3 is 15.1 Å². The van der Waals surface area contributed by atoms with E-state index in [0.29, 0.717) is 11.8 Å². The van der Waals surface area contributed by atoms with Crippen LogP contribution in [0.25, 0.3) is 0 Å². The van der Waals surface area contributed by atoms with Crippen LogP contribution in [0.2, 0.25) is 0 Å². The lowest BCUT2D eigenvalue weighted by Crippen LogP contribution is -2.39. The molecule has 0 spiro atoms. The van der Waals surface area contributed by atoms with Crippen molar-refractivity contribution in [3.63, 3.8) is 0 Å². The normalized spacial score (nSPS) is 21.3. The Morgan fingerprint density at radius 2 is 2.26 bits per heavy atom. The van der Waals surface area contributed by atoms with Crippen LogP contribution < -0.4 is 10.2 Å². The lowest BCUT2D eigenvalue weighted by molar-refractivity contribution is 0.336. The molecule has 19 heavy (non-hydrogen) atoms. The van der Waals surface area contributed by atoms with E-state index in [9.17, 15) is 4.39 Å². The third-order valence-electron chi connectivity index (χ3n) is 3.38. The summed E-state index contributed by atoms with van der Waals surface area (Å²) in [5.41, 5.74) is 0. The molecule has 0 radical (unpaired) electrons. The monoisotopic (exact) mass is 267 g/mol. The molecule has 5 nitrogen and oxygen atoms in total. The maximum Gasteiger partial charge on any atom is 0.224 e. The van der Waals surface area contributed by atoms with E-state index in [1.54, 1.807) is 0 Å². The number of hydrogen-bond acceptors (Lipinski definition) is 5. The van der Waals surface area contributed by atoms with E-state index in [0.717, 1.165) is 32.6 Å². The zero-order chi connectivity index (χ0) is 13.8. The molecular formula is C13H22FN5. The Morgan fingerprint density at radius 1 is 1.47 bits per heavy atom. The van der Waals surface area contributed by atoms with E-state index in [1.165, 1.54) is 6.20 Å². The number of likely N-dealkylation sites (N-methyl/N-ethyl adjacent to an activating group) is 1. The molecule has 1 aliphatic heterocycles. The molecule has 2 rings (SSSR count). The average molecular weight is 267 g/mol. The molecule has 0 aromatic carbocycles. The molecule has 1 fully saturated rings. The highest BCUT2D eigenvalue weighted by Crippen LogP contribution is 2.22. The zero-order valence-corrected chi connectivity index (χ0v) is 11.9. The first-order valence-corrected chi connectivity index (χ1v) is 6.83. The van der Waals surface area contributed by atoms with Crippen molar-refractivity contribution in [3.8, 4) is 0 Å². The second kappa shape index (κ2) is 6.14. The van der Waals surface area contributed by atoms with Crippen LogP contribution >= 0.6 is 0 Å². The van der Waals surface area contributed by atoms with Gasteiger partial charge in [0.25, 0.3) is 0 Å². The predicted molar refractivity (Wildman–Crippen MR) is 75.1 cm³/mol. The van der Waals surface area contributed by atoms with Gasteiger partial charge in [-0.3, -0.25) is 0 Å². The fraction of sp³-hybridized carbons (Fsp3) is 0.692. The van der Waals surface area contributed by atoms with Crippen LogP contribution in [-0.2, 0) is 0 Å². The Kier molecular flexibility index (Phi) is 4.52. The predicted octanol–water partition coefficient (Wildman–Crippen LogP) is 1.58.